The second-order valence-electron chi connectivity index (χ2n) is 7.40. The first-order chi connectivity index (χ1) is 15.0. The first kappa shape index (κ1) is 22.4. The maximum atomic E-state index is 14.6. The first-order valence-corrected chi connectivity index (χ1v) is 10.1. The highest BCUT2D eigenvalue weighted by molar-refractivity contribution is 6.34. The molecule has 6 nitrogen and oxygen atoms in total. The predicted molar refractivity (Wildman–Crippen MR) is 111 cm³/mol. The van der Waals surface area contributed by atoms with Crippen molar-refractivity contribution >= 4 is 29.2 Å². The molecule has 32 heavy (non-hydrogen) atoms. The monoisotopic (exact) mass is 485 g/mol. The average Bonchev–Trinajstić information content (AvgIpc) is 3.35. The number of hydroxylamine groups is 1. The summed E-state index contributed by atoms with van der Waals surface area (Å²) in [4.78, 5) is 18.1. The van der Waals surface area contributed by atoms with E-state index in [4.69, 9.17) is 28.0 Å². The van der Waals surface area contributed by atoms with E-state index in [2.05, 4.69) is 5.10 Å². The molecule has 1 aliphatic heterocycles. The molecule has 2 aromatic carbocycles. The van der Waals surface area contributed by atoms with Gasteiger partial charge < -0.3 is 5.11 Å². The topological polar surface area (TPSA) is 67.6 Å². The second-order valence-corrected chi connectivity index (χ2v) is 8.28. The Hall–Kier alpha value is -2.75. The van der Waals surface area contributed by atoms with Crippen molar-refractivity contribution in [1.82, 2.24) is 9.89 Å². The Labute approximate surface area is 190 Å². The summed E-state index contributed by atoms with van der Waals surface area (Å²) in [6.45, 7) is 1.58. The van der Waals surface area contributed by atoms with E-state index in [-0.39, 0.29) is 21.2 Å². The van der Waals surface area contributed by atoms with E-state index >= 15 is 0 Å². The third kappa shape index (κ3) is 3.80. The second kappa shape index (κ2) is 7.99. The minimum absolute atomic E-state index is 0.0375. The van der Waals surface area contributed by atoms with Gasteiger partial charge in [0.25, 0.3) is 0 Å². The van der Waals surface area contributed by atoms with E-state index in [1.165, 1.54) is 48.8 Å². The van der Waals surface area contributed by atoms with Gasteiger partial charge >= 0.3 is 12.1 Å². The van der Waals surface area contributed by atoms with Crippen LogP contribution in [0.3, 0.4) is 0 Å². The molecule has 3 aromatic rings. The number of nitrogens with zero attached hydrogens (tertiary/aromatic N) is 3. The largest absolute Gasteiger partial charge is 0.478 e. The van der Waals surface area contributed by atoms with Crippen LogP contribution in [0.4, 0.5) is 13.2 Å². The molecule has 1 N–H and O–H groups in total. The predicted octanol–water partition coefficient (Wildman–Crippen LogP) is 5.67. The number of halogens is 5. The summed E-state index contributed by atoms with van der Waals surface area (Å²) in [5.74, 6) is -1.13. The van der Waals surface area contributed by atoms with Gasteiger partial charge in [0, 0.05) is 16.5 Å². The van der Waals surface area contributed by atoms with Gasteiger partial charge in [0.2, 0.25) is 5.60 Å². The van der Waals surface area contributed by atoms with Crippen LogP contribution in [0, 0.1) is 6.92 Å². The fraction of sp³-hybridized carbons (Fsp3) is 0.238. The van der Waals surface area contributed by atoms with Crippen LogP contribution >= 0.6 is 23.2 Å². The minimum atomic E-state index is -4.84. The normalized spacial score (nSPS) is 21.2. The number of hydrogen-bond acceptors (Lipinski definition) is 4. The van der Waals surface area contributed by atoms with Crippen molar-refractivity contribution in [3.63, 3.8) is 0 Å². The fourth-order valence-corrected chi connectivity index (χ4v) is 4.37. The standard InChI is InChI=1S/C21H16Cl2F3N3O3/c1-12-7-13(3-4-17(12)19(30)31)18-11-20(21(24,25)26,14-8-15(22)10-16(23)9-14)32-29(18)28-6-2-5-27-28/h2-10,18H,11H2,1H3,(H,30,31). The number of aromatic carboxylic acids is 1. The van der Waals surface area contributed by atoms with Crippen LogP contribution in [-0.2, 0) is 10.4 Å². The zero-order valence-electron chi connectivity index (χ0n) is 16.5. The summed E-state index contributed by atoms with van der Waals surface area (Å²) in [5.41, 5.74) is -2.12. The molecule has 168 valence electrons. The molecule has 1 aromatic heterocycles. The first-order valence-electron chi connectivity index (χ1n) is 9.37. The highest BCUT2D eigenvalue weighted by atomic mass is 35.5. The van der Waals surface area contributed by atoms with Crippen molar-refractivity contribution in [2.24, 2.45) is 0 Å². The molecular formula is C21H16Cl2F3N3O3. The van der Waals surface area contributed by atoms with Crippen molar-refractivity contribution in [3.8, 4) is 0 Å². The van der Waals surface area contributed by atoms with Crippen LogP contribution in [-0.4, -0.2) is 27.1 Å². The molecular weight excluding hydrogens is 470 g/mol. The van der Waals surface area contributed by atoms with Gasteiger partial charge in [-0.3, -0.25) is 0 Å². The number of alkyl halides is 3. The van der Waals surface area contributed by atoms with Crippen LogP contribution in [0.25, 0.3) is 0 Å². The summed E-state index contributed by atoms with van der Waals surface area (Å²) in [6.07, 6.45) is -2.53. The third-order valence-electron chi connectivity index (χ3n) is 5.34. The Bertz CT molecular complexity index is 1150. The molecule has 2 unspecified atom stereocenters. The summed E-state index contributed by atoms with van der Waals surface area (Å²) in [5, 5.41) is 14.4. The average molecular weight is 486 g/mol. The summed E-state index contributed by atoms with van der Waals surface area (Å²) in [6, 6.07) is 8.64. The van der Waals surface area contributed by atoms with Crippen LogP contribution < -0.4 is 5.17 Å². The molecule has 0 aliphatic carbocycles. The lowest BCUT2D eigenvalue weighted by Crippen LogP contribution is -2.44. The SMILES string of the molecule is Cc1cc(C2CC(c3cc(Cl)cc(Cl)c3)(C(F)(F)F)ON2n2cccn2)ccc1C(=O)O. The van der Waals surface area contributed by atoms with Crippen molar-refractivity contribution < 1.29 is 27.9 Å². The van der Waals surface area contributed by atoms with E-state index in [0.717, 1.165) is 9.96 Å². The minimum Gasteiger partial charge on any atom is -0.478 e. The molecule has 4 rings (SSSR count). The Balaban J connectivity index is 1.88. The molecule has 0 bridgehead atoms. The highest BCUT2D eigenvalue weighted by Gasteiger charge is 2.65. The van der Waals surface area contributed by atoms with E-state index in [1.54, 1.807) is 13.0 Å². The van der Waals surface area contributed by atoms with Gasteiger partial charge in [-0.05, 0) is 53.9 Å². The lowest BCUT2D eigenvalue weighted by atomic mass is 9.85. The Morgan fingerprint density at radius 1 is 1.22 bits per heavy atom. The molecule has 1 saturated heterocycles. The third-order valence-corrected chi connectivity index (χ3v) is 5.78. The number of carbonyl (C=O) groups is 1. The number of benzene rings is 2. The van der Waals surface area contributed by atoms with Gasteiger partial charge in [0.15, 0.2) is 0 Å². The van der Waals surface area contributed by atoms with E-state index < -0.39 is 30.2 Å². The zero-order chi connectivity index (χ0) is 23.3. The molecule has 0 radical (unpaired) electrons. The summed E-state index contributed by atoms with van der Waals surface area (Å²) < 4.78 is 43.7. The Kier molecular flexibility index (Phi) is 5.60. The van der Waals surface area contributed by atoms with Crippen molar-refractivity contribution in [2.75, 3.05) is 5.17 Å². The molecule has 1 fully saturated rings. The van der Waals surface area contributed by atoms with E-state index in [9.17, 15) is 23.1 Å². The van der Waals surface area contributed by atoms with Crippen LogP contribution in [0.15, 0.2) is 54.9 Å². The van der Waals surface area contributed by atoms with Gasteiger partial charge in [0.05, 0.1) is 18.0 Å². The maximum Gasteiger partial charge on any atom is 0.424 e. The number of aromatic nitrogens is 2. The van der Waals surface area contributed by atoms with Crippen LogP contribution in [0.1, 0.15) is 39.5 Å². The number of aryl methyl sites for hydroxylation is 1. The zero-order valence-corrected chi connectivity index (χ0v) is 18.0. The molecule has 1 aliphatic rings. The van der Waals surface area contributed by atoms with Gasteiger partial charge in [-0.15, -0.1) is 0 Å². The van der Waals surface area contributed by atoms with Crippen molar-refractivity contribution in [1.29, 1.82) is 0 Å². The number of carboxylic acids is 1. The van der Waals surface area contributed by atoms with Crippen molar-refractivity contribution in [2.45, 2.75) is 31.2 Å². The molecule has 11 heteroatoms. The summed E-state index contributed by atoms with van der Waals surface area (Å²) in [7, 11) is 0. The lowest BCUT2D eigenvalue weighted by Gasteiger charge is -2.31. The number of carboxylic acid groups (broad SMARTS) is 1. The molecule has 0 amide bonds. The number of rotatable bonds is 4. The highest BCUT2D eigenvalue weighted by Crippen LogP contribution is 2.54. The van der Waals surface area contributed by atoms with Gasteiger partial charge in [0.1, 0.15) is 6.04 Å². The maximum absolute atomic E-state index is 14.6. The van der Waals surface area contributed by atoms with E-state index in [0.29, 0.717) is 11.1 Å². The quantitative estimate of drug-likeness (QED) is 0.515. The Morgan fingerprint density at radius 2 is 1.91 bits per heavy atom. The van der Waals surface area contributed by atoms with E-state index in [1.807, 2.05) is 0 Å². The fourth-order valence-electron chi connectivity index (χ4n) is 3.84. The van der Waals surface area contributed by atoms with Crippen LogP contribution in [0.5, 0.6) is 0 Å². The number of hydrogen-bond donors (Lipinski definition) is 1. The molecule has 0 spiro atoms. The van der Waals surface area contributed by atoms with Gasteiger partial charge in [-0.1, -0.05) is 35.3 Å². The smallest absolute Gasteiger partial charge is 0.424 e. The van der Waals surface area contributed by atoms with Gasteiger partial charge in [-0.2, -0.15) is 28.2 Å². The lowest BCUT2D eigenvalue weighted by molar-refractivity contribution is -0.278. The summed E-state index contributed by atoms with van der Waals surface area (Å²) >= 11 is 12.0. The molecule has 2 heterocycles. The Morgan fingerprint density at radius 3 is 2.44 bits per heavy atom. The van der Waals surface area contributed by atoms with Crippen LogP contribution in [0.2, 0.25) is 10.0 Å². The molecule has 2 atom stereocenters. The van der Waals surface area contributed by atoms with Gasteiger partial charge in [-0.25, -0.2) is 9.63 Å². The van der Waals surface area contributed by atoms with Crippen molar-refractivity contribution in [3.05, 3.63) is 87.2 Å². The molecule has 0 saturated carbocycles.